The number of rotatable bonds is 7. The Labute approximate surface area is 233 Å². The predicted molar refractivity (Wildman–Crippen MR) is 156 cm³/mol. The number of aromatic nitrogens is 2. The average molecular weight is 540 g/mol. The van der Waals surface area contributed by atoms with Crippen molar-refractivity contribution in [1.82, 2.24) is 20.2 Å². The average Bonchev–Trinajstić information content (AvgIpc) is 2.98. The normalized spacial score (nSPS) is 21.1. The number of carbonyl (C=O) groups is 1. The first-order valence-corrected chi connectivity index (χ1v) is 14.8. The van der Waals surface area contributed by atoms with E-state index in [-0.39, 0.29) is 12.5 Å². The molecule has 0 aliphatic carbocycles. The van der Waals surface area contributed by atoms with Crippen molar-refractivity contribution in [3.8, 4) is 17.3 Å². The fourth-order valence-electron chi connectivity index (χ4n) is 6.06. The molecule has 2 N–H and O–H groups in total. The van der Waals surface area contributed by atoms with E-state index in [1.54, 1.807) is 12.1 Å². The van der Waals surface area contributed by atoms with Gasteiger partial charge in [0.05, 0.1) is 11.8 Å². The minimum absolute atomic E-state index is 0.0149. The zero-order valence-corrected chi connectivity index (χ0v) is 23.0. The number of benzene rings is 2. The third-order valence-electron chi connectivity index (χ3n) is 8.10. The largest absolute Gasteiger partial charge is 0.371 e. The summed E-state index contributed by atoms with van der Waals surface area (Å²) in [5.74, 6) is 2.91. The van der Waals surface area contributed by atoms with E-state index in [0.29, 0.717) is 11.5 Å². The molecule has 6 rings (SSSR count). The summed E-state index contributed by atoms with van der Waals surface area (Å²) in [5, 5.41) is 14.6. The van der Waals surface area contributed by atoms with Gasteiger partial charge in [0.2, 0.25) is 5.95 Å². The summed E-state index contributed by atoms with van der Waals surface area (Å²) in [7, 11) is 0. The lowest BCUT2D eigenvalue weighted by molar-refractivity contribution is -0.0152. The first-order chi connectivity index (χ1) is 19.1. The monoisotopic (exact) mass is 539 g/mol. The number of aryl methyl sites for hydroxylation is 1. The smallest absolute Gasteiger partial charge is 0.252 e. The number of hydrogen-bond acceptors (Lipinski definition) is 8. The fraction of sp³-hybridized carbons (Fsp3) is 0.400. The van der Waals surface area contributed by atoms with Crippen LogP contribution in [0.1, 0.15) is 35.2 Å². The molecule has 39 heavy (non-hydrogen) atoms. The number of nitriles is 1. The van der Waals surface area contributed by atoms with Crippen molar-refractivity contribution >= 4 is 35.0 Å². The quantitative estimate of drug-likeness (QED) is 0.420. The van der Waals surface area contributed by atoms with Gasteiger partial charge in [-0.05, 0) is 68.1 Å². The van der Waals surface area contributed by atoms with Gasteiger partial charge in [0.25, 0.3) is 5.91 Å². The molecule has 2 unspecified atom stereocenters. The van der Waals surface area contributed by atoms with Crippen LogP contribution in [0, 0.1) is 18.3 Å². The van der Waals surface area contributed by atoms with Crippen molar-refractivity contribution in [3.05, 3.63) is 65.9 Å². The van der Waals surface area contributed by atoms with Crippen molar-refractivity contribution in [2.45, 2.75) is 44.3 Å². The minimum Gasteiger partial charge on any atom is -0.371 e. The molecule has 2 bridgehead atoms. The summed E-state index contributed by atoms with van der Waals surface area (Å²) < 4.78 is 0. The zero-order chi connectivity index (χ0) is 26.8. The van der Waals surface area contributed by atoms with E-state index in [2.05, 4.69) is 61.4 Å². The first-order valence-electron chi connectivity index (χ1n) is 13.7. The van der Waals surface area contributed by atoms with Crippen LogP contribution in [0.3, 0.4) is 0 Å². The van der Waals surface area contributed by atoms with Gasteiger partial charge in [-0.1, -0.05) is 12.1 Å². The molecular weight excluding hydrogens is 506 g/mol. The number of amides is 1. The fourth-order valence-corrected chi connectivity index (χ4v) is 7.36. The van der Waals surface area contributed by atoms with Gasteiger partial charge in [0, 0.05) is 71.4 Å². The Morgan fingerprint density at radius 2 is 1.77 bits per heavy atom. The standard InChI is InChI=1S/C30H33N7OS/c1-20-17-33-30(35-28(20)21-2-4-22(5-3-21)29(38)32-13-12-31)34-23-6-8-24(9-7-23)36-14-10-25(11-15-36)37-26-16-27(37)19-39-18-26/h2-9,17,25-27H,10-11,13-16,18-19H2,1H3,(H,32,38)(H,33,34,35). The van der Waals surface area contributed by atoms with Crippen LogP contribution in [0.25, 0.3) is 11.3 Å². The molecule has 3 saturated heterocycles. The number of hydrogen-bond donors (Lipinski definition) is 2. The van der Waals surface area contributed by atoms with Crippen molar-refractivity contribution < 1.29 is 4.79 Å². The van der Waals surface area contributed by atoms with Crippen molar-refractivity contribution in [2.75, 3.05) is 41.4 Å². The summed E-state index contributed by atoms with van der Waals surface area (Å²) in [6.45, 7) is 4.18. The molecule has 0 radical (unpaired) electrons. The van der Waals surface area contributed by atoms with Gasteiger partial charge >= 0.3 is 0 Å². The second kappa shape index (κ2) is 11.2. The Balaban J connectivity index is 1.07. The van der Waals surface area contributed by atoms with Crippen molar-refractivity contribution in [3.63, 3.8) is 0 Å². The van der Waals surface area contributed by atoms with E-state index in [9.17, 15) is 4.79 Å². The highest BCUT2D eigenvalue weighted by molar-refractivity contribution is 7.99. The summed E-state index contributed by atoms with van der Waals surface area (Å²) >= 11 is 2.13. The zero-order valence-electron chi connectivity index (χ0n) is 22.1. The predicted octanol–water partition coefficient (Wildman–Crippen LogP) is 4.61. The SMILES string of the molecule is Cc1cnc(Nc2ccc(N3CCC(N4C5CSCC4C5)CC3)cc2)nc1-c1ccc(C(=O)NCC#N)cc1. The second-order valence-electron chi connectivity index (χ2n) is 10.6. The topological polar surface area (TPSA) is 97.2 Å². The molecule has 1 aromatic heterocycles. The van der Waals surface area contributed by atoms with E-state index in [1.165, 1.54) is 36.5 Å². The molecule has 2 aromatic carbocycles. The number of nitrogens with one attached hydrogen (secondary N) is 2. The lowest BCUT2D eigenvalue weighted by atomic mass is 9.88. The summed E-state index contributed by atoms with van der Waals surface area (Å²) in [6.07, 6.45) is 5.73. The lowest BCUT2D eigenvalue weighted by Crippen LogP contribution is -2.66. The molecule has 2 atom stereocenters. The number of thioether (sulfide) groups is 1. The van der Waals surface area contributed by atoms with Crippen LogP contribution in [-0.2, 0) is 0 Å². The van der Waals surface area contributed by atoms with E-state index in [1.807, 2.05) is 31.3 Å². The lowest BCUT2D eigenvalue weighted by Gasteiger charge is -2.57. The Morgan fingerprint density at radius 3 is 2.44 bits per heavy atom. The molecule has 9 heteroatoms. The van der Waals surface area contributed by atoms with Crippen LogP contribution >= 0.6 is 11.8 Å². The second-order valence-corrected chi connectivity index (χ2v) is 11.6. The van der Waals surface area contributed by atoms with Gasteiger partial charge in [-0.3, -0.25) is 9.69 Å². The maximum atomic E-state index is 12.1. The van der Waals surface area contributed by atoms with Gasteiger partial charge in [0.1, 0.15) is 6.54 Å². The number of nitrogens with zero attached hydrogens (tertiary/aromatic N) is 5. The van der Waals surface area contributed by atoms with Gasteiger partial charge in [-0.15, -0.1) is 0 Å². The van der Waals surface area contributed by atoms with E-state index >= 15 is 0 Å². The molecule has 8 nitrogen and oxygen atoms in total. The Kier molecular flexibility index (Phi) is 7.40. The molecule has 3 aliphatic rings. The Bertz CT molecular complexity index is 1350. The van der Waals surface area contributed by atoms with Gasteiger partial charge in [-0.25, -0.2) is 9.97 Å². The van der Waals surface area contributed by atoms with Crippen LogP contribution < -0.4 is 15.5 Å². The summed E-state index contributed by atoms with van der Waals surface area (Å²) in [6, 6.07) is 20.1. The van der Waals surface area contributed by atoms with Gasteiger partial charge in [0.15, 0.2) is 0 Å². The molecule has 1 amide bonds. The van der Waals surface area contributed by atoms with Crippen LogP contribution in [-0.4, -0.2) is 70.0 Å². The van der Waals surface area contributed by atoms with Crippen molar-refractivity contribution in [1.29, 1.82) is 5.26 Å². The minimum atomic E-state index is -0.268. The third kappa shape index (κ3) is 5.45. The molecule has 3 fully saturated rings. The van der Waals surface area contributed by atoms with Crippen LogP contribution in [0.5, 0.6) is 0 Å². The number of carbonyl (C=O) groups excluding carboxylic acids is 1. The number of fused-ring (bicyclic) bond motifs is 2. The summed E-state index contributed by atoms with van der Waals surface area (Å²) in [5.41, 5.74) is 5.36. The van der Waals surface area contributed by atoms with Gasteiger partial charge in [-0.2, -0.15) is 17.0 Å². The Morgan fingerprint density at radius 1 is 1.05 bits per heavy atom. The highest BCUT2D eigenvalue weighted by Gasteiger charge is 2.45. The van der Waals surface area contributed by atoms with E-state index < -0.39 is 0 Å². The third-order valence-corrected chi connectivity index (χ3v) is 9.34. The highest BCUT2D eigenvalue weighted by Crippen LogP contribution is 2.40. The Hall–Kier alpha value is -3.61. The summed E-state index contributed by atoms with van der Waals surface area (Å²) in [4.78, 5) is 26.7. The maximum Gasteiger partial charge on any atom is 0.252 e. The molecule has 3 aromatic rings. The van der Waals surface area contributed by atoms with Crippen LogP contribution in [0.15, 0.2) is 54.7 Å². The van der Waals surface area contributed by atoms with Crippen molar-refractivity contribution in [2.24, 2.45) is 0 Å². The molecule has 4 heterocycles. The van der Waals surface area contributed by atoms with E-state index in [0.717, 1.165) is 53.7 Å². The molecule has 0 saturated carbocycles. The van der Waals surface area contributed by atoms with Crippen LogP contribution in [0.2, 0.25) is 0 Å². The molecular formula is C30H33N7OS. The first kappa shape index (κ1) is 25.7. The molecule has 3 aliphatic heterocycles. The highest BCUT2D eigenvalue weighted by atomic mass is 32.2. The maximum absolute atomic E-state index is 12.1. The van der Waals surface area contributed by atoms with E-state index in [4.69, 9.17) is 10.2 Å². The van der Waals surface area contributed by atoms with Gasteiger partial charge < -0.3 is 15.5 Å². The number of anilines is 3. The molecule has 200 valence electrons. The number of piperidine rings is 1. The van der Waals surface area contributed by atoms with Crippen LogP contribution in [0.4, 0.5) is 17.3 Å². The molecule has 0 spiro atoms.